The highest BCUT2D eigenvalue weighted by Crippen LogP contribution is 2.19. The molecule has 1 N–H and O–H groups in total. The van der Waals surface area contributed by atoms with Crippen LogP contribution in [0.4, 0.5) is 4.39 Å². The van der Waals surface area contributed by atoms with E-state index in [1.807, 2.05) is 0 Å². The maximum atomic E-state index is 13.5. The van der Waals surface area contributed by atoms with Gasteiger partial charge in [-0.1, -0.05) is 17.7 Å². The monoisotopic (exact) mass is 349 g/mol. The molecular weight excluding hydrogens is 337 g/mol. The Morgan fingerprint density at radius 3 is 2.73 bits per heavy atom. The predicted octanol–water partition coefficient (Wildman–Crippen LogP) is 0.939. The first-order valence-corrected chi connectivity index (χ1v) is 8.59. The number of carbonyl (C=O) groups is 2. The topological polar surface area (TPSA) is 89.5 Å². The van der Waals surface area contributed by atoms with Crippen LogP contribution in [0.1, 0.15) is 16.8 Å². The fourth-order valence-corrected chi connectivity index (χ4v) is 3.99. The molecule has 1 aromatic carbocycles. The molecule has 1 saturated heterocycles. The number of hydrogen-bond donors (Lipinski definition) is 1. The minimum Gasteiger partial charge on any atom is -0.452 e. The van der Waals surface area contributed by atoms with Crippen molar-refractivity contribution in [3.63, 3.8) is 0 Å². The number of sulfone groups is 1. The number of esters is 1. The van der Waals surface area contributed by atoms with Gasteiger partial charge >= 0.3 is 5.97 Å². The molecule has 1 aromatic rings. The van der Waals surface area contributed by atoms with E-state index in [1.165, 1.54) is 12.1 Å². The number of ether oxygens (including phenoxy) is 1. The van der Waals surface area contributed by atoms with Crippen molar-refractivity contribution >= 4 is 33.3 Å². The minimum absolute atomic E-state index is 0.0164. The van der Waals surface area contributed by atoms with Crippen LogP contribution in [0, 0.1) is 5.82 Å². The van der Waals surface area contributed by atoms with Crippen molar-refractivity contribution in [2.75, 3.05) is 18.1 Å². The maximum Gasteiger partial charge on any atom is 0.343 e. The Bertz CT molecular complexity index is 686. The quantitative estimate of drug-likeness (QED) is 0.817. The molecule has 6 nitrogen and oxygen atoms in total. The van der Waals surface area contributed by atoms with Gasteiger partial charge in [-0.25, -0.2) is 17.6 Å². The summed E-state index contributed by atoms with van der Waals surface area (Å²) in [4.78, 5) is 23.3. The lowest BCUT2D eigenvalue weighted by Crippen LogP contribution is -2.38. The zero-order valence-corrected chi connectivity index (χ0v) is 12.9. The smallest absolute Gasteiger partial charge is 0.343 e. The number of halogens is 2. The fourth-order valence-electron chi connectivity index (χ4n) is 2.07. The van der Waals surface area contributed by atoms with Gasteiger partial charge in [-0.15, -0.1) is 0 Å². The number of amides is 1. The lowest BCUT2D eigenvalue weighted by Gasteiger charge is -2.11. The first kappa shape index (κ1) is 16.7. The number of rotatable bonds is 4. The molecule has 0 bridgehead atoms. The molecule has 0 aliphatic carbocycles. The summed E-state index contributed by atoms with van der Waals surface area (Å²) >= 11 is 5.70. The second-order valence-corrected chi connectivity index (χ2v) is 7.48. The summed E-state index contributed by atoms with van der Waals surface area (Å²) < 4.78 is 40.7. The van der Waals surface area contributed by atoms with Gasteiger partial charge in [0.1, 0.15) is 11.4 Å². The lowest BCUT2D eigenvalue weighted by molar-refractivity contribution is -0.124. The molecule has 22 heavy (non-hydrogen) atoms. The van der Waals surface area contributed by atoms with Gasteiger partial charge < -0.3 is 10.1 Å². The van der Waals surface area contributed by atoms with Crippen LogP contribution in [0.5, 0.6) is 0 Å². The first-order chi connectivity index (χ1) is 10.3. The molecule has 2 rings (SSSR count). The normalized spacial score (nSPS) is 19.6. The molecule has 1 unspecified atom stereocenters. The molecule has 9 heteroatoms. The highest BCUT2D eigenvalue weighted by molar-refractivity contribution is 7.91. The fraction of sp³-hybridized carbons (Fsp3) is 0.385. The van der Waals surface area contributed by atoms with Crippen molar-refractivity contribution in [1.82, 2.24) is 5.32 Å². The van der Waals surface area contributed by atoms with E-state index >= 15 is 0 Å². The molecule has 0 saturated carbocycles. The number of benzene rings is 1. The van der Waals surface area contributed by atoms with Crippen LogP contribution in [-0.2, 0) is 19.4 Å². The van der Waals surface area contributed by atoms with Crippen LogP contribution in [0.2, 0.25) is 5.02 Å². The zero-order valence-electron chi connectivity index (χ0n) is 11.3. The Morgan fingerprint density at radius 1 is 1.41 bits per heavy atom. The van der Waals surface area contributed by atoms with Crippen LogP contribution in [0.25, 0.3) is 0 Å². The summed E-state index contributed by atoms with van der Waals surface area (Å²) in [6.45, 7) is -0.639. The summed E-state index contributed by atoms with van der Waals surface area (Å²) in [5, 5.41) is 2.33. The molecule has 120 valence electrons. The summed E-state index contributed by atoms with van der Waals surface area (Å²) in [6.07, 6.45) is 0.321. The molecule has 1 fully saturated rings. The summed E-state index contributed by atoms with van der Waals surface area (Å²) in [5.41, 5.74) is -0.444. The van der Waals surface area contributed by atoms with Gasteiger partial charge in [-0.05, 0) is 18.6 Å². The van der Waals surface area contributed by atoms with Crippen LogP contribution in [0.15, 0.2) is 18.2 Å². The van der Waals surface area contributed by atoms with Crippen molar-refractivity contribution in [1.29, 1.82) is 0 Å². The Kier molecular flexibility index (Phi) is 5.02. The Balaban J connectivity index is 1.88. The van der Waals surface area contributed by atoms with Crippen molar-refractivity contribution in [3.8, 4) is 0 Å². The maximum absolute atomic E-state index is 13.5. The van der Waals surface area contributed by atoms with E-state index in [4.69, 9.17) is 11.6 Å². The van der Waals surface area contributed by atoms with Crippen LogP contribution in [0.3, 0.4) is 0 Å². The standard InChI is InChI=1S/C13H13ClFNO5S/c14-9-2-1-3-10(15)12(9)13(18)21-6-11(17)16-8-4-5-22(19,20)7-8/h1-3,8H,4-7H2,(H,16,17). The zero-order chi connectivity index (χ0) is 16.3. The van der Waals surface area contributed by atoms with Crippen LogP contribution >= 0.6 is 11.6 Å². The molecule has 0 spiro atoms. The van der Waals surface area contributed by atoms with Crippen molar-refractivity contribution in [3.05, 3.63) is 34.6 Å². The van der Waals surface area contributed by atoms with Crippen molar-refractivity contribution in [2.24, 2.45) is 0 Å². The van der Waals surface area contributed by atoms with E-state index in [-0.39, 0.29) is 16.5 Å². The second kappa shape index (κ2) is 6.62. The molecule has 0 radical (unpaired) electrons. The molecule has 1 amide bonds. The van der Waals surface area contributed by atoms with Gasteiger partial charge in [-0.3, -0.25) is 4.79 Å². The Morgan fingerprint density at radius 2 is 2.14 bits per heavy atom. The second-order valence-electron chi connectivity index (χ2n) is 4.84. The van der Waals surface area contributed by atoms with E-state index < -0.39 is 45.7 Å². The average Bonchev–Trinajstić information content (AvgIpc) is 2.75. The van der Waals surface area contributed by atoms with Gasteiger partial charge in [0.15, 0.2) is 16.4 Å². The van der Waals surface area contributed by atoms with E-state index in [1.54, 1.807) is 0 Å². The van der Waals surface area contributed by atoms with Crippen molar-refractivity contribution in [2.45, 2.75) is 12.5 Å². The summed E-state index contributed by atoms with van der Waals surface area (Å²) in [7, 11) is -3.12. The Hall–Kier alpha value is -1.67. The molecule has 1 aliphatic rings. The van der Waals surface area contributed by atoms with Crippen LogP contribution < -0.4 is 5.32 Å². The summed E-state index contributed by atoms with van der Waals surface area (Å²) in [6, 6.07) is 3.21. The summed E-state index contributed by atoms with van der Waals surface area (Å²) in [5.74, 6) is -2.67. The average molecular weight is 350 g/mol. The number of carbonyl (C=O) groups excluding carboxylic acids is 2. The molecule has 1 atom stereocenters. The lowest BCUT2D eigenvalue weighted by atomic mass is 10.2. The van der Waals surface area contributed by atoms with Gasteiger partial charge in [0.25, 0.3) is 5.91 Å². The molecule has 1 aliphatic heterocycles. The molecular formula is C13H13ClFNO5S. The molecule has 1 heterocycles. The third-order valence-electron chi connectivity index (χ3n) is 3.10. The number of hydrogen-bond acceptors (Lipinski definition) is 5. The Labute approximate surface area is 131 Å². The minimum atomic E-state index is -3.12. The van der Waals surface area contributed by atoms with E-state index in [9.17, 15) is 22.4 Å². The SMILES string of the molecule is O=C(COC(=O)c1c(F)cccc1Cl)NC1CCS(=O)(=O)C1. The third kappa shape index (κ3) is 4.17. The highest BCUT2D eigenvalue weighted by Gasteiger charge is 2.29. The molecule has 0 aromatic heterocycles. The van der Waals surface area contributed by atoms with Crippen molar-refractivity contribution < 1.29 is 27.1 Å². The van der Waals surface area contributed by atoms with Gasteiger partial charge in [0.2, 0.25) is 0 Å². The van der Waals surface area contributed by atoms with Crippen LogP contribution in [-0.4, -0.2) is 44.4 Å². The predicted molar refractivity (Wildman–Crippen MR) is 76.9 cm³/mol. The van der Waals surface area contributed by atoms with Gasteiger partial charge in [0.05, 0.1) is 16.5 Å². The van der Waals surface area contributed by atoms with Gasteiger partial charge in [-0.2, -0.15) is 0 Å². The first-order valence-electron chi connectivity index (χ1n) is 6.39. The highest BCUT2D eigenvalue weighted by atomic mass is 35.5. The van der Waals surface area contributed by atoms with Gasteiger partial charge in [0, 0.05) is 6.04 Å². The van der Waals surface area contributed by atoms with E-state index in [0.29, 0.717) is 6.42 Å². The largest absolute Gasteiger partial charge is 0.452 e. The third-order valence-corrected chi connectivity index (χ3v) is 5.18. The van der Waals surface area contributed by atoms with E-state index in [2.05, 4.69) is 10.1 Å². The van der Waals surface area contributed by atoms with E-state index in [0.717, 1.165) is 6.07 Å². The number of nitrogens with one attached hydrogen (secondary N) is 1.